The van der Waals surface area contributed by atoms with Crippen LogP contribution < -0.4 is 0 Å². The molecule has 0 aromatic rings. The summed E-state index contributed by atoms with van der Waals surface area (Å²) < 4.78 is 0. The van der Waals surface area contributed by atoms with Crippen molar-refractivity contribution >= 4 is 5.91 Å². The largest absolute Gasteiger partial charge is 0.343 e. The van der Waals surface area contributed by atoms with Crippen LogP contribution in [0.1, 0.15) is 105 Å². The molecule has 0 radical (unpaired) electrons. The van der Waals surface area contributed by atoms with E-state index in [1.807, 2.05) is 4.90 Å². The molecule has 0 aliphatic heterocycles. The van der Waals surface area contributed by atoms with Crippen LogP contribution in [0.15, 0.2) is 0 Å². The van der Waals surface area contributed by atoms with Gasteiger partial charge in [-0.1, -0.05) is 59.3 Å². The highest BCUT2D eigenvalue weighted by atomic mass is 16.2. The molecule has 0 rings (SSSR count). The average Bonchev–Trinajstić information content (AvgIpc) is 2.51. The molecular formula is C20H41NO. The molecule has 0 saturated carbocycles. The second kappa shape index (κ2) is 13.0. The van der Waals surface area contributed by atoms with Gasteiger partial charge in [0.25, 0.3) is 0 Å². The highest BCUT2D eigenvalue weighted by Crippen LogP contribution is 2.36. The maximum Gasteiger partial charge on any atom is 0.222 e. The van der Waals surface area contributed by atoms with Gasteiger partial charge in [-0.3, -0.25) is 4.79 Å². The second-order valence-electron chi connectivity index (χ2n) is 7.14. The summed E-state index contributed by atoms with van der Waals surface area (Å²) in [6, 6.07) is 0. The van der Waals surface area contributed by atoms with Crippen molar-refractivity contribution in [2.24, 2.45) is 5.41 Å². The third-order valence-corrected chi connectivity index (χ3v) is 5.05. The van der Waals surface area contributed by atoms with Gasteiger partial charge in [0.1, 0.15) is 0 Å². The topological polar surface area (TPSA) is 20.3 Å². The Kier molecular flexibility index (Phi) is 12.6. The van der Waals surface area contributed by atoms with Crippen molar-refractivity contribution in [2.75, 3.05) is 13.1 Å². The van der Waals surface area contributed by atoms with Crippen LogP contribution in [0.25, 0.3) is 0 Å². The fourth-order valence-corrected chi connectivity index (χ4v) is 3.36. The number of carbonyl (C=O) groups excluding carboxylic acids is 1. The first kappa shape index (κ1) is 21.5. The van der Waals surface area contributed by atoms with Gasteiger partial charge in [0.15, 0.2) is 0 Å². The van der Waals surface area contributed by atoms with E-state index in [4.69, 9.17) is 0 Å². The summed E-state index contributed by atoms with van der Waals surface area (Å²) in [5.41, 5.74) is 0.452. The first-order valence-electron chi connectivity index (χ1n) is 9.80. The van der Waals surface area contributed by atoms with Gasteiger partial charge in [0.2, 0.25) is 5.91 Å². The minimum absolute atomic E-state index is 0.342. The number of unbranched alkanes of at least 4 members (excludes halogenated alkanes) is 4. The summed E-state index contributed by atoms with van der Waals surface area (Å²) in [6.45, 7) is 12.8. The molecule has 0 fully saturated rings. The second-order valence-corrected chi connectivity index (χ2v) is 7.14. The van der Waals surface area contributed by atoms with E-state index in [0.717, 1.165) is 25.9 Å². The number of carbonyl (C=O) groups is 1. The van der Waals surface area contributed by atoms with E-state index >= 15 is 0 Å². The van der Waals surface area contributed by atoms with Crippen LogP contribution in [-0.4, -0.2) is 23.9 Å². The quantitative estimate of drug-likeness (QED) is 0.350. The van der Waals surface area contributed by atoms with Crippen LogP contribution in [0.3, 0.4) is 0 Å². The Morgan fingerprint density at radius 1 is 0.773 bits per heavy atom. The van der Waals surface area contributed by atoms with E-state index < -0.39 is 0 Å². The number of amides is 1. The molecule has 132 valence electrons. The predicted octanol–water partition coefficient (Wildman–Crippen LogP) is 6.19. The van der Waals surface area contributed by atoms with Gasteiger partial charge in [-0.05, 0) is 44.9 Å². The lowest BCUT2D eigenvalue weighted by Gasteiger charge is -2.30. The standard InChI is InChI=1S/C20H41NO/c1-6-10-12-13-17-20(5,16-11-7-2)18-14-15-19(22)21(8-3)9-4/h6-18H2,1-5H3. The van der Waals surface area contributed by atoms with E-state index in [-0.39, 0.29) is 0 Å². The van der Waals surface area contributed by atoms with E-state index in [1.54, 1.807) is 0 Å². The van der Waals surface area contributed by atoms with E-state index in [1.165, 1.54) is 57.8 Å². The summed E-state index contributed by atoms with van der Waals surface area (Å²) in [6.07, 6.45) is 13.7. The summed E-state index contributed by atoms with van der Waals surface area (Å²) >= 11 is 0. The van der Waals surface area contributed by atoms with Crippen LogP contribution in [0, 0.1) is 5.41 Å². The molecule has 1 atom stereocenters. The smallest absolute Gasteiger partial charge is 0.222 e. The molecule has 0 aromatic heterocycles. The third kappa shape index (κ3) is 9.48. The number of rotatable bonds is 14. The molecule has 0 heterocycles. The van der Waals surface area contributed by atoms with Crippen LogP contribution in [0.4, 0.5) is 0 Å². The number of hydrogen-bond acceptors (Lipinski definition) is 1. The Labute approximate surface area is 140 Å². The number of nitrogens with zero attached hydrogens (tertiary/aromatic N) is 1. The third-order valence-electron chi connectivity index (χ3n) is 5.05. The van der Waals surface area contributed by atoms with Crippen molar-refractivity contribution in [3.8, 4) is 0 Å². The summed E-state index contributed by atoms with van der Waals surface area (Å²) in [5, 5.41) is 0. The molecule has 0 aliphatic rings. The van der Waals surface area contributed by atoms with Crippen LogP contribution in [0.2, 0.25) is 0 Å². The summed E-state index contributed by atoms with van der Waals surface area (Å²) in [5.74, 6) is 0.342. The Bertz CT molecular complexity index is 273. The molecular weight excluding hydrogens is 270 g/mol. The van der Waals surface area contributed by atoms with Gasteiger partial charge < -0.3 is 4.90 Å². The SMILES string of the molecule is CCCCCCC(C)(CCCC)CCCC(=O)N(CC)CC. The van der Waals surface area contributed by atoms with Gasteiger partial charge >= 0.3 is 0 Å². The van der Waals surface area contributed by atoms with Gasteiger partial charge in [-0.2, -0.15) is 0 Å². The maximum atomic E-state index is 12.1. The zero-order valence-electron chi connectivity index (χ0n) is 16.0. The van der Waals surface area contributed by atoms with E-state index in [0.29, 0.717) is 11.3 Å². The van der Waals surface area contributed by atoms with Crippen LogP contribution >= 0.6 is 0 Å². The first-order chi connectivity index (χ1) is 10.5. The molecule has 0 spiro atoms. The predicted molar refractivity (Wildman–Crippen MR) is 98.2 cm³/mol. The maximum absolute atomic E-state index is 12.1. The number of hydrogen-bond donors (Lipinski definition) is 0. The minimum atomic E-state index is 0.342. The van der Waals surface area contributed by atoms with E-state index in [2.05, 4.69) is 34.6 Å². The van der Waals surface area contributed by atoms with Crippen molar-refractivity contribution in [2.45, 2.75) is 105 Å². The molecule has 2 heteroatoms. The van der Waals surface area contributed by atoms with Crippen molar-refractivity contribution in [1.82, 2.24) is 4.90 Å². The molecule has 0 N–H and O–H groups in total. The lowest BCUT2D eigenvalue weighted by molar-refractivity contribution is -0.131. The normalized spacial score (nSPS) is 13.9. The Hall–Kier alpha value is -0.530. The molecule has 2 nitrogen and oxygen atoms in total. The summed E-state index contributed by atoms with van der Waals surface area (Å²) in [7, 11) is 0. The average molecular weight is 312 g/mol. The zero-order valence-corrected chi connectivity index (χ0v) is 16.0. The monoisotopic (exact) mass is 311 g/mol. The molecule has 0 bridgehead atoms. The lowest BCUT2D eigenvalue weighted by atomic mass is 9.76. The fourth-order valence-electron chi connectivity index (χ4n) is 3.36. The molecule has 0 aromatic carbocycles. The molecule has 0 aliphatic carbocycles. The first-order valence-corrected chi connectivity index (χ1v) is 9.80. The molecule has 22 heavy (non-hydrogen) atoms. The van der Waals surface area contributed by atoms with E-state index in [9.17, 15) is 4.79 Å². The van der Waals surface area contributed by atoms with Crippen molar-refractivity contribution < 1.29 is 4.79 Å². The Morgan fingerprint density at radius 3 is 1.86 bits per heavy atom. The summed E-state index contributed by atoms with van der Waals surface area (Å²) in [4.78, 5) is 14.1. The van der Waals surface area contributed by atoms with Crippen molar-refractivity contribution in [3.63, 3.8) is 0 Å². The molecule has 1 unspecified atom stereocenters. The Morgan fingerprint density at radius 2 is 1.32 bits per heavy atom. The zero-order chi connectivity index (χ0) is 16.8. The van der Waals surface area contributed by atoms with Crippen molar-refractivity contribution in [1.29, 1.82) is 0 Å². The molecule has 1 amide bonds. The molecule has 0 saturated heterocycles. The van der Waals surface area contributed by atoms with Gasteiger partial charge in [-0.25, -0.2) is 0 Å². The lowest BCUT2D eigenvalue weighted by Crippen LogP contribution is -2.30. The highest BCUT2D eigenvalue weighted by molar-refractivity contribution is 5.76. The highest BCUT2D eigenvalue weighted by Gasteiger charge is 2.23. The Balaban J connectivity index is 4.24. The van der Waals surface area contributed by atoms with Gasteiger partial charge in [0, 0.05) is 19.5 Å². The van der Waals surface area contributed by atoms with Crippen LogP contribution in [-0.2, 0) is 4.79 Å². The van der Waals surface area contributed by atoms with Crippen molar-refractivity contribution in [3.05, 3.63) is 0 Å². The van der Waals surface area contributed by atoms with Gasteiger partial charge in [0.05, 0.1) is 0 Å². The fraction of sp³-hybridized carbons (Fsp3) is 0.950. The van der Waals surface area contributed by atoms with Gasteiger partial charge in [-0.15, -0.1) is 0 Å². The minimum Gasteiger partial charge on any atom is -0.343 e. The van der Waals surface area contributed by atoms with Crippen LogP contribution in [0.5, 0.6) is 0 Å².